The van der Waals surface area contributed by atoms with Gasteiger partial charge in [0.25, 0.3) is 0 Å². The molecule has 1 unspecified atom stereocenters. The van der Waals surface area contributed by atoms with E-state index < -0.39 is 0 Å². The van der Waals surface area contributed by atoms with Crippen molar-refractivity contribution in [3.63, 3.8) is 0 Å². The lowest BCUT2D eigenvalue weighted by atomic mass is 9.93. The summed E-state index contributed by atoms with van der Waals surface area (Å²) in [5.74, 6) is 0.0257. The van der Waals surface area contributed by atoms with E-state index in [0.29, 0.717) is 11.5 Å². The molecule has 0 spiro atoms. The van der Waals surface area contributed by atoms with Crippen LogP contribution in [0.25, 0.3) is 0 Å². The zero-order valence-corrected chi connectivity index (χ0v) is 8.22. The highest BCUT2D eigenvalue weighted by Crippen LogP contribution is 2.19. The predicted octanol–water partition coefficient (Wildman–Crippen LogP) is 2.54. The van der Waals surface area contributed by atoms with Crippen molar-refractivity contribution < 1.29 is 9.53 Å². The van der Waals surface area contributed by atoms with Gasteiger partial charge >= 0.3 is 5.97 Å². The molecule has 70 valence electrons. The summed E-state index contributed by atoms with van der Waals surface area (Å²) < 4.78 is 4.60. The molecule has 0 aliphatic rings. The molecule has 0 bridgehead atoms. The van der Waals surface area contributed by atoms with Crippen LogP contribution < -0.4 is 0 Å². The van der Waals surface area contributed by atoms with E-state index in [9.17, 15) is 4.79 Å². The van der Waals surface area contributed by atoms with E-state index in [1.165, 1.54) is 7.11 Å². The van der Waals surface area contributed by atoms with Crippen molar-refractivity contribution in [2.24, 2.45) is 5.92 Å². The molecule has 12 heavy (non-hydrogen) atoms. The summed E-state index contributed by atoms with van der Waals surface area (Å²) in [6.45, 7) is 7.91. The smallest absolute Gasteiger partial charge is 0.333 e. The Bertz CT molecular complexity index is 161. The van der Waals surface area contributed by atoms with Crippen molar-refractivity contribution in [1.82, 2.24) is 0 Å². The lowest BCUT2D eigenvalue weighted by Crippen LogP contribution is -2.12. The van der Waals surface area contributed by atoms with Crippen LogP contribution in [0.4, 0.5) is 0 Å². The summed E-state index contributed by atoms with van der Waals surface area (Å²) in [6.07, 6.45) is 3.06. The average molecular weight is 170 g/mol. The Labute approximate surface area is 74.6 Å². The zero-order chi connectivity index (χ0) is 9.56. The third-order valence-corrected chi connectivity index (χ3v) is 2.07. The first-order chi connectivity index (χ1) is 5.67. The Balaban J connectivity index is 4.11. The van der Waals surface area contributed by atoms with Gasteiger partial charge in [-0.3, -0.25) is 0 Å². The quantitative estimate of drug-likeness (QED) is 0.468. The second kappa shape index (κ2) is 5.81. The molecule has 0 saturated heterocycles. The van der Waals surface area contributed by atoms with E-state index >= 15 is 0 Å². The van der Waals surface area contributed by atoms with Crippen LogP contribution in [0.3, 0.4) is 0 Å². The van der Waals surface area contributed by atoms with E-state index in [-0.39, 0.29) is 5.97 Å². The number of esters is 1. The van der Waals surface area contributed by atoms with E-state index in [1.807, 2.05) is 0 Å². The van der Waals surface area contributed by atoms with Crippen LogP contribution in [-0.2, 0) is 9.53 Å². The van der Waals surface area contributed by atoms with Gasteiger partial charge in [-0.2, -0.15) is 0 Å². The van der Waals surface area contributed by atoms with Crippen molar-refractivity contribution in [2.45, 2.75) is 33.1 Å². The maximum absolute atomic E-state index is 11.1. The van der Waals surface area contributed by atoms with Crippen molar-refractivity contribution in [1.29, 1.82) is 0 Å². The molecule has 2 nitrogen and oxygen atoms in total. The molecular weight excluding hydrogens is 152 g/mol. The molecule has 0 aromatic rings. The molecule has 0 aliphatic heterocycles. The standard InChI is InChI=1S/C10H18O2/c1-5-7-9(6-2)8(3)10(11)12-4/h9H,3,5-7H2,1-2,4H3. The first kappa shape index (κ1) is 11.2. The largest absolute Gasteiger partial charge is 0.466 e. The SMILES string of the molecule is C=C(C(=O)OC)C(CC)CCC. The highest BCUT2D eigenvalue weighted by atomic mass is 16.5. The van der Waals surface area contributed by atoms with Gasteiger partial charge in [-0.1, -0.05) is 26.8 Å². The van der Waals surface area contributed by atoms with Gasteiger partial charge in [0.2, 0.25) is 0 Å². The van der Waals surface area contributed by atoms with Crippen LogP contribution in [0.1, 0.15) is 33.1 Å². The van der Waals surface area contributed by atoms with E-state index in [2.05, 4.69) is 25.2 Å². The summed E-state index contributed by atoms with van der Waals surface area (Å²) in [7, 11) is 1.40. The maximum Gasteiger partial charge on any atom is 0.333 e. The number of rotatable bonds is 5. The Morgan fingerprint density at radius 2 is 2.08 bits per heavy atom. The number of carbonyl (C=O) groups excluding carboxylic acids is 1. The summed E-state index contributed by atoms with van der Waals surface area (Å²) in [6, 6.07) is 0. The number of hydrogen-bond acceptors (Lipinski definition) is 2. The summed E-state index contributed by atoms with van der Waals surface area (Å²) in [5, 5.41) is 0. The second-order valence-corrected chi connectivity index (χ2v) is 2.91. The van der Waals surface area contributed by atoms with Gasteiger partial charge in [0.05, 0.1) is 7.11 Å². The first-order valence-corrected chi connectivity index (χ1v) is 4.44. The normalized spacial score (nSPS) is 12.2. The molecule has 0 amide bonds. The van der Waals surface area contributed by atoms with Gasteiger partial charge in [0, 0.05) is 5.57 Å². The Morgan fingerprint density at radius 1 is 1.50 bits per heavy atom. The summed E-state index contributed by atoms with van der Waals surface area (Å²) >= 11 is 0. The predicted molar refractivity (Wildman–Crippen MR) is 49.8 cm³/mol. The van der Waals surface area contributed by atoms with Gasteiger partial charge in [0.1, 0.15) is 0 Å². The van der Waals surface area contributed by atoms with Crippen LogP contribution in [-0.4, -0.2) is 13.1 Å². The minimum Gasteiger partial charge on any atom is -0.466 e. The fraction of sp³-hybridized carbons (Fsp3) is 0.700. The molecule has 0 aromatic heterocycles. The lowest BCUT2D eigenvalue weighted by Gasteiger charge is -2.14. The van der Waals surface area contributed by atoms with Crippen LogP contribution in [0.5, 0.6) is 0 Å². The summed E-state index contributed by atoms with van der Waals surface area (Å²) in [4.78, 5) is 11.1. The number of hydrogen-bond donors (Lipinski definition) is 0. The third-order valence-electron chi connectivity index (χ3n) is 2.07. The van der Waals surface area contributed by atoms with Gasteiger partial charge in [0.15, 0.2) is 0 Å². The van der Waals surface area contributed by atoms with E-state index in [0.717, 1.165) is 19.3 Å². The molecular formula is C10H18O2. The fourth-order valence-electron chi connectivity index (χ4n) is 1.27. The molecule has 2 heteroatoms. The molecule has 0 radical (unpaired) electrons. The van der Waals surface area contributed by atoms with Gasteiger partial charge in [-0.05, 0) is 18.8 Å². The molecule has 0 saturated carbocycles. The average Bonchev–Trinajstić information content (AvgIpc) is 2.11. The monoisotopic (exact) mass is 170 g/mol. The topological polar surface area (TPSA) is 26.3 Å². The number of methoxy groups -OCH3 is 1. The molecule has 0 heterocycles. The lowest BCUT2D eigenvalue weighted by molar-refractivity contribution is -0.136. The van der Waals surface area contributed by atoms with Crippen LogP contribution in [0, 0.1) is 5.92 Å². The molecule has 0 fully saturated rings. The van der Waals surface area contributed by atoms with E-state index in [1.54, 1.807) is 0 Å². The van der Waals surface area contributed by atoms with Crippen LogP contribution in [0.2, 0.25) is 0 Å². The zero-order valence-electron chi connectivity index (χ0n) is 8.22. The van der Waals surface area contributed by atoms with Crippen molar-refractivity contribution in [2.75, 3.05) is 7.11 Å². The Hall–Kier alpha value is -0.790. The first-order valence-electron chi connectivity index (χ1n) is 4.44. The van der Waals surface area contributed by atoms with Crippen molar-refractivity contribution >= 4 is 5.97 Å². The highest BCUT2D eigenvalue weighted by molar-refractivity contribution is 5.88. The third kappa shape index (κ3) is 3.07. The van der Waals surface area contributed by atoms with Gasteiger partial charge < -0.3 is 4.74 Å². The maximum atomic E-state index is 11.1. The molecule has 0 rings (SSSR count). The van der Waals surface area contributed by atoms with Crippen LogP contribution >= 0.6 is 0 Å². The number of ether oxygens (including phenoxy) is 1. The van der Waals surface area contributed by atoms with Gasteiger partial charge in [-0.15, -0.1) is 0 Å². The Kier molecular flexibility index (Phi) is 5.43. The number of carbonyl (C=O) groups is 1. The van der Waals surface area contributed by atoms with Gasteiger partial charge in [-0.25, -0.2) is 4.79 Å². The fourth-order valence-corrected chi connectivity index (χ4v) is 1.27. The second-order valence-electron chi connectivity index (χ2n) is 2.91. The molecule has 1 atom stereocenters. The summed E-state index contributed by atoms with van der Waals surface area (Å²) in [5.41, 5.74) is 0.613. The highest BCUT2D eigenvalue weighted by Gasteiger charge is 2.16. The molecule has 0 aromatic carbocycles. The molecule has 0 aliphatic carbocycles. The van der Waals surface area contributed by atoms with Crippen molar-refractivity contribution in [3.05, 3.63) is 12.2 Å². The Morgan fingerprint density at radius 3 is 2.42 bits per heavy atom. The van der Waals surface area contributed by atoms with Crippen molar-refractivity contribution in [3.8, 4) is 0 Å². The minimum atomic E-state index is -0.268. The van der Waals surface area contributed by atoms with E-state index in [4.69, 9.17) is 0 Å². The minimum absolute atomic E-state index is 0.268. The van der Waals surface area contributed by atoms with Crippen LogP contribution in [0.15, 0.2) is 12.2 Å². The molecule has 0 N–H and O–H groups in total.